The van der Waals surface area contributed by atoms with Crippen molar-refractivity contribution in [2.24, 2.45) is 11.8 Å². The first-order chi connectivity index (χ1) is 7.08. The van der Waals surface area contributed by atoms with E-state index in [1.54, 1.807) is 0 Å². The van der Waals surface area contributed by atoms with Crippen LogP contribution in [0, 0.1) is 11.8 Å². The molecule has 2 rings (SSSR count). The second-order valence-corrected chi connectivity index (χ2v) is 7.84. The number of hydrogen-bond acceptors (Lipinski definition) is 3. The lowest BCUT2D eigenvalue weighted by molar-refractivity contribution is 0.0625. The first-order valence-corrected chi connectivity index (χ1v) is 8.24. The summed E-state index contributed by atoms with van der Waals surface area (Å²) in [6, 6.07) is 0. The summed E-state index contributed by atoms with van der Waals surface area (Å²) in [5.74, 6) is 1.67. The third kappa shape index (κ3) is 2.94. The molecular formula is C10H17BrO3S. The van der Waals surface area contributed by atoms with Crippen LogP contribution in [0.15, 0.2) is 0 Å². The average Bonchev–Trinajstić information content (AvgIpc) is 2.59. The lowest BCUT2D eigenvalue weighted by atomic mass is 9.88. The van der Waals surface area contributed by atoms with Gasteiger partial charge < -0.3 is 4.74 Å². The van der Waals surface area contributed by atoms with Gasteiger partial charge in [0, 0.05) is 18.0 Å². The van der Waals surface area contributed by atoms with Crippen LogP contribution >= 0.6 is 15.9 Å². The van der Waals surface area contributed by atoms with Crippen LogP contribution in [0.25, 0.3) is 0 Å². The molecule has 2 saturated heterocycles. The van der Waals surface area contributed by atoms with Crippen molar-refractivity contribution in [1.29, 1.82) is 0 Å². The Bertz CT molecular complexity index is 309. The molecule has 0 amide bonds. The lowest BCUT2D eigenvalue weighted by Crippen LogP contribution is -2.29. The largest absolute Gasteiger partial charge is 0.381 e. The smallest absolute Gasteiger partial charge is 0.150 e. The Morgan fingerprint density at radius 1 is 1.13 bits per heavy atom. The van der Waals surface area contributed by atoms with E-state index in [1.807, 2.05) is 0 Å². The monoisotopic (exact) mass is 296 g/mol. The maximum absolute atomic E-state index is 11.4. The number of hydrogen-bond donors (Lipinski definition) is 0. The number of alkyl halides is 1. The minimum Gasteiger partial charge on any atom is -0.381 e. The fourth-order valence-electron chi connectivity index (χ4n) is 2.49. The topological polar surface area (TPSA) is 43.4 Å². The Morgan fingerprint density at radius 2 is 1.80 bits per heavy atom. The maximum Gasteiger partial charge on any atom is 0.150 e. The van der Waals surface area contributed by atoms with E-state index < -0.39 is 9.84 Å². The third-order valence-corrected chi connectivity index (χ3v) is 6.72. The second-order valence-electron chi connectivity index (χ2n) is 4.56. The second kappa shape index (κ2) is 4.72. The molecule has 0 aromatic carbocycles. The highest BCUT2D eigenvalue weighted by Gasteiger charge is 2.36. The summed E-state index contributed by atoms with van der Waals surface area (Å²) in [5, 5.41) is 0. The molecule has 0 spiro atoms. The molecule has 2 aliphatic rings. The predicted octanol–water partition coefficient (Wildman–Crippen LogP) is 1.61. The van der Waals surface area contributed by atoms with Crippen molar-refractivity contribution < 1.29 is 13.2 Å². The molecule has 2 fully saturated rings. The average molecular weight is 297 g/mol. The Balaban J connectivity index is 1.93. The highest BCUT2D eigenvalue weighted by atomic mass is 79.9. The normalized spacial score (nSPS) is 34.1. The van der Waals surface area contributed by atoms with Crippen LogP contribution in [0.1, 0.15) is 19.3 Å². The van der Waals surface area contributed by atoms with Crippen LogP contribution in [-0.2, 0) is 14.6 Å². The molecule has 88 valence electrons. The quantitative estimate of drug-likeness (QED) is 0.727. The molecule has 0 aliphatic carbocycles. The summed E-state index contributed by atoms with van der Waals surface area (Å²) < 4.78 is 28.1. The Kier molecular flexibility index (Phi) is 3.73. The summed E-state index contributed by atoms with van der Waals surface area (Å²) in [6.45, 7) is 1.65. The van der Waals surface area contributed by atoms with Gasteiger partial charge in [0.2, 0.25) is 0 Å². The molecule has 0 aromatic heterocycles. The van der Waals surface area contributed by atoms with Gasteiger partial charge in [0.25, 0.3) is 0 Å². The van der Waals surface area contributed by atoms with Gasteiger partial charge in [-0.3, -0.25) is 0 Å². The summed E-state index contributed by atoms with van der Waals surface area (Å²) in [4.78, 5) is 0.360. The minimum absolute atomic E-state index is 0.318. The van der Waals surface area contributed by atoms with Crippen molar-refractivity contribution in [3.63, 3.8) is 0 Å². The van der Waals surface area contributed by atoms with Gasteiger partial charge in [0.15, 0.2) is 9.84 Å². The molecule has 0 aromatic rings. The number of sulfone groups is 1. The van der Waals surface area contributed by atoms with Crippen molar-refractivity contribution >= 4 is 25.8 Å². The molecule has 2 aliphatic heterocycles. The molecule has 3 nitrogen and oxygen atoms in total. The van der Waals surface area contributed by atoms with Crippen LogP contribution in [0.4, 0.5) is 0 Å². The van der Waals surface area contributed by atoms with Crippen molar-refractivity contribution in [3.05, 3.63) is 0 Å². The first-order valence-electron chi connectivity index (χ1n) is 5.51. The Labute approximate surface area is 99.6 Å². The third-order valence-electron chi connectivity index (χ3n) is 3.43. The zero-order valence-electron chi connectivity index (χ0n) is 8.69. The van der Waals surface area contributed by atoms with Gasteiger partial charge in [-0.25, -0.2) is 8.42 Å². The zero-order chi connectivity index (χ0) is 10.9. The minimum atomic E-state index is -2.74. The fourth-order valence-corrected chi connectivity index (χ4v) is 5.58. The van der Waals surface area contributed by atoms with Crippen molar-refractivity contribution in [3.8, 4) is 0 Å². The van der Waals surface area contributed by atoms with Gasteiger partial charge in [-0.1, -0.05) is 15.9 Å². The van der Waals surface area contributed by atoms with Gasteiger partial charge in [-0.15, -0.1) is 0 Å². The van der Waals surface area contributed by atoms with Crippen molar-refractivity contribution in [2.75, 3.05) is 24.7 Å². The maximum atomic E-state index is 11.4. The van der Waals surface area contributed by atoms with E-state index in [1.165, 1.54) is 0 Å². The Hall–Kier alpha value is 0.390. The molecule has 2 heterocycles. The van der Waals surface area contributed by atoms with E-state index in [2.05, 4.69) is 15.9 Å². The summed E-state index contributed by atoms with van der Waals surface area (Å²) in [7, 11) is -2.74. The predicted molar refractivity (Wildman–Crippen MR) is 63.0 cm³/mol. The molecule has 5 heteroatoms. The van der Waals surface area contributed by atoms with Crippen LogP contribution in [0.5, 0.6) is 0 Å². The summed E-state index contributed by atoms with van der Waals surface area (Å²) in [5.41, 5.74) is 0. The van der Waals surface area contributed by atoms with Crippen molar-refractivity contribution in [1.82, 2.24) is 0 Å². The van der Waals surface area contributed by atoms with Crippen LogP contribution in [-0.4, -0.2) is 38.0 Å². The molecule has 2 atom stereocenters. The molecule has 0 bridgehead atoms. The van der Waals surface area contributed by atoms with Crippen LogP contribution in [0.2, 0.25) is 0 Å². The fraction of sp³-hybridized carbons (Fsp3) is 1.00. The van der Waals surface area contributed by atoms with E-state index in [0.717, 1.165) is 32.5 Å². The molecule has 2 unspecified atom stereocenters. The van der Waals surface area contributed by atoms with E-state index in [-0.39, 0.29) is 0 Å². The van der Waals surface area contributed by atoms with Gasteiger partial charge in [0.1, 0.15) is 0 Å². The lowest BCUT2D eigenvalue weighted by Gasteiger charge is -2.29. The van der Waals surface area contributed by atoms with E-state index in [4.69, 9.17) is 4.74 Å². The number of rotatable bonds is 2. The number of halogens is 1. The molecule has 0 saturated carbocycles. The number of ether oxygens (including phenoxy) is 1. The van der Waals surface area contributed by atoms with Crippen molar-refractivity contribution in [2.45, 2.75) is 24.1 Å². The molecule has 0 radical (unpaired) electrons. The highest BCUT2D eigenvalue weighted by Crippen LogP contribution is 2.35. The SMILES string of the molecule is O=S1(=O)CCC(C(Br)C2CCOCC2)C1. The molecule has 0 N–H and O–H groups in total. The van der Waals surface area contributed by atoms with Gasteiger partial charge in [0.05, 0.1) is 11.5 Å². The first kappa shape index (κ1) is 11.9. The standard InChI is InChI=1S/C10H17BrO3S/c11-10(8-1-4-14-5-2-8)9-3-6-15(12,13)7-9/h8-10H,1-7H2. The van der Waals surface area contributed by atoms with E-state index in [0.29, 0.717) is 28.2 Å². The highest BCUT2D eigenvalue weighted by molar-refractivity contribution is 9.09. The van der Waals surface area contributed by atoms with Crippen LogP contribution in [0.3, 0.4) is 0 Å². The molecular weight excluding hydrogens is 280 g/mol. The Morgan fingerprint density at radius 3 is 2.33 bits per heavy atom. The zero-order valence-corrected chi connectivity index (χ0v) is 11.1. The van der Waals surface area contributed by atoms with Gasteiger partial charge >= 0.3 is 0 Å². The van der Waals surface area contributed by atoms with Crippen LogP contribution < -0.4 is 0 Å². The van der Waals surface area contributed by atoms with E-state index in [9.17, 15) is 8.42 Å². The summed E-state index contributed by atoms with van der Waals surface area (Å²) >= 11 is 3.70. The summed E-state index contributed by atoms with van der Waals surface area (Å²) in [6.07, 6.45) is 2.95. The van der Waals surface area contributed by atoms with E-state index >= 15 is 0 Å². The molecule has 15 heavy (non-hydrogen) atoms. The van der Waals surface area contributed by atoms with Gasteiger partial charge in [-0.05, 0) is 31.1 Å². The van der Waals surface area contributed by atoms with Gasteiger partial charge in [-0.2, -0.15) is 0 Å².